The minimum Gasteiger partial charge on any atom is -0.326 e. The van der Waals surface area contributed by atoms with Gasteiger partial charge in [-0.1, -0.05) is 19.9 Å². The summed E-state index contributed by atoms with van der Waals surface area (Å²) in [5, 5.41) is 0. The third-order valence-electron chi connectivity index (χ3n) is 3.60. The summed E-state index contributed by atoms with van der Waals surface area (Å²) in [6.07, 6.45) is 1.91. The largest absolute Gasteiger partial charge is 0.326 e. The third kappa shape index (κ3) is 3.67. The van der Waals surface area contributed by atoms with Crippen LogP contribution in [0.2, 0.25) is 0 Å². The molecule has 1 saturated carbocycles. The van der Waals surface area contributed by atoms with E-state index in [2.05, 4.69) is 15.9 Å². The van der Waals surface area contributed by atoms with Crippen LogP contribution < -0.4 is 5.73 Å². The highest BCUT2D eigenvalue weighted by Crippen LogP contribution is 2.36. The second-order valence-electron chi connectivity index (χ2n) is 6.13. The number of aryl methyl sites for hydroxylation is 1. The second-order valence-corrected chi connectivity index (χ2v) is 8.78. The van der Waals surface area contributed by atoms with Gasteiger partial charge in [0.2, 0.25) is 10.0 Å². The van der Waals surface area contributed by atoms with Crippen molar-refractivity contribution in [1.29, 1.82) is 0 Å². The van der Waals surface area contributed by atoms with Gasteiger partial charge in [0.1, 0.15) is 0 Å². The lowest BCUT2D eigenvalue weighted by molar-refractivity contribution is 0.360. The third-order valence-corrected chi connectivity index (χ3v) is 6.86. The van der Waals surface area contributed by atoms with E-state index in [0.29, 0.717) is 28.4 Å². The lowest BCUT2D eigenvalue weighted by atomic mass is 10.1. The predicted octanol–water partition coefficient (Wildman–Crippen LogP) is 3.03. The van der Waals surface area contributed by atoms with E-state index in [0.717, 1.165) is 24.0 Å². The van der Waals surface area contributed by atoms with Crippen LogP contribution in [0.3, 0.4) is 0 Å². The molecule has 118 valence electrons. The van der Waals surface area contributed by atoms with Crippen LogP contribution >= 0.6 is 15.9 Å². The standard InChI is InChI=1S/C15H23BrN2O2S/c1-10(2)9-18(13-4-5-13)21(19,20)14-7-12(8-17)6-11(3)15(14)16/h6-7,10,13H,4-5,8-9,17H2,1-3H3. The lowest BCUT2D eigenvalue weighted by Crippen LogP contribution is -2.36. The maximum absolute atomic E-state index is 13.0. The Morgan fingerprint density at radius 3 is 2.48 bits per heavy atom. The number of nitrogens with zero attached hydrogens (tertiary/aromatic N) is 1. The number of rotatable bonds is 6. The first-order chi connectivity index (χ1) is 9.77. The molecule has 0 aliphatic heterocycles. The molecule has 2 N–H and O–H groups in total. The van der Waals surface area contributed by atoms with Crippen molar-refractivity contribution >= 4 is 26.0 Å². The minimum absolute atomic E-state index is 0.158. The molecule has 0 spiro atoms. The fraction of sp³-hybridized carbons (Fsp3) is 0.600. The summed E-state index contributed by atoms with van der Waals surface area (Å²) in [5.41, 5.74) is 7.43. The monoisotopic (exact) mass is 374 g/mol. The van der Waals surface area contributed by atoms with E-state index in [1.165, 1.54) is 0 Å². The first-order valence-corrected chi connectivity index (χ1v) is 9.51. The fourth-order valence-electron chi connectivity index (χ4n) is 2.41. The van der Waals surface area contributed by atoms with Gasteiger partial charge in [0.15, 0.2) is 0 Å². The van der Waals surface area contributed by atoms with Crippen LogP contribution in [-0.4, -0.2) is 25.3 Å². The maximum atomic E-state index is 13.0. The Balaban J connectivity index is 2.49. The summed E-state index contributed by atoms with van der Waals surface area (Å²) >= 11 is 3.44. The van der Waals surface area contributed by atoms with Crippen molar-refractivity contribution in [2.75, 3.05) is 6.54 Å². The quantitative estimate of drug-likeness (QED) is 0.831. The van der Waals surface area contributed by atoms with Crippen molar-refractivity contribution in [3.05, 3.63) is 27.7 Å². The Bertz CT molecular complexity index is 625. The molecule has 1 aliphatic carbocycles. The summed E-state index contributed by atoms with van der Waals surface area (Å²) in [6.45, 7) is 6.88. The minimum atomic E-state index is -3.49. The van der Waals surface area contributed by atoms with Gasteiger partial charge in [0, 0.05) is 23.6 Å². The van der Waals surface area contributed by atoms with Gasteiger partial charge in [0.05, 0.1) is 4.90 Å². The molecule has 0 aromatic heterocycles. The average Bonchev–Trinajstić information content (AvgIpc) is 3.22. The first kappa shape index (κ1) is 16.9. The Hall–Kier alpha value is -0.430. The van der Waals surface area contributed by atoms with Crippen LogP contribution in [0.5, 0.6) is 0 Å². The van der Waals surface area contributed by atoms with Crippen molar-refractivity contribution in [3.8, 4) is 0 Å². The molecule has 0 radical (unpaired) electrons. The highest BCUT2D eigenvalue weighted by molar-refractivity contribution is 9.10. The molecule has 0 atom stereocenters. The van der Waals surface area contributed by atoms with Crippen LogP contribution in [0.15, 0.2) is 21.5 Å². The SMILES string of the molecule is Cc1cc(CN)cc(S(=O)(=O)N(CC(C)C)C2CC2)c1Br. The fourth-order valence-corrected chi connectivity index (χ4v) is 5.29. The number of hydrogen-bond donors (Lipinski definition) is 1. The van der Waals surface area contributed by atoms with E-state index >= 15 is 0 Å². The van der Waals surface area contributed by atoms with Gasteiger partial charge in [-0.3, -0.25) is 0 Å². The molecule has 4 nitrogen and oxygen atoms in total. The van der Waals surface area contributed by atoms with Crippen molar-refractivity contribution < 1.29 is 8.42 Å². The molecule has 0 bridgehead atoms. The summed E-state index contributed by atoms with van der Waals surface area (Å²) in [7, 11) is -3.49. The van der Waals surface area contributed by atoms with Crippen LogP contribution in [0, 0.1) is 12.8 Å². The number of halogens is 1. The summed E-state index contributed by atoms with van der Waals surface area (Å²) in [5.74, 6) is 0.304. The summed E-state index contributed by atoms with van der Waals surface area (Å²) < 4.78 is 28.4. The van der Waals surface area contributed by atoms with Crippen LogP contribution in [0.1, 0.15) is 37.8 Å². The van der Waals surface area contributed by atoms with Gasteiger partial charge < -0.3 is 5.73 Å². The van der Waals surface area contributed by atoms with Gasteiger partial charge in [-0.05, 0) is 58.8 Å². The van der Waals surface area contributed by atoms with Crippen LogP contribution in [0.25, 0.3) is 0 Å². The highest BCUT2D eigenvalue weighted by atomic mass is 79.9. The molecule has 2 rings (SSSR count). The van der Waals surface area contributed by atoms with Gasteiger partial charge >= 0.3 is 0 Å². The highest BCUT2D eigenvalue weighted by Gasteiger charge is 2.39. The molecule has 1 aliphatic rings. The molecule has 1 aromatic rings. The Morgan fingerprint density at radius 2 is 2.00 bits per heavy atom. The van der Waals surface area contributed by atoms with E-state index in [-0.39, 0.29) is 6.04 Å². The van der Waals surface area contributed by atoms with Crippen molar-refractivity contribution in [2.45, 2.75) is 51.1 Å². The number of hydrogen-bond acceptors (Lipinski definition) is 3. The van der Waals surface area contributed by atoms with Crippen LogP contribution in [0.4, 0.5) is 0 Å². The topological polar surface area (TPSA) is 63.4 Å². The molecule has 0 amide bonds. The number of benzene rings is 1. The molecule has 0 saturated heterocycles. The van der Waals surface area contributed by atoms with Gasteiger partial charge in [0.25, 0.3) is 0 Å². The first-order valence-electron chi connectivity index (χ1n) is 7.28. The van der Waals surface area contributed by atoms with E-state index in [1.54, 1.807) is 10.4 Å². The van der Waals surface area contributed by atoms with E-state index in [9.17, 15) is 8.42 Å². The Morgan fingerprint density at radius 1 is 1.38 bits per heavy atom. The smallest absolute Gasteiger partial charge is 0.244 e. The molecule has 1 fully saturated rings. The van der Waals surface area contributed by atoms with Gasteiger partial charge in [-0.2, -0.15) is 4.31 Å². The lowest BCUT2D eigenvalue weighted by Gasteiger charge is -2.25. The molecular formula is C15H23BrN2O2S. The van der Waals surface area contributed by atoms with E-state index < -0.39 is 10.0 Å². The van der Waals surface area contributed by atoms with E-state index in [1.807, 2.05) is 26.8 Å². The van der Waals surface area contributed by atoms with Crippen molar-refractivity contribution in [2.24, 2.45) is 11.7 Å². The Labute approximate surface area is 135 Å². The molecule has 6 heteroatoms. The zero-order chi connectivity index (χ0) is 15.8. The van der Waals surface area contributed by atoms with Gasteiger partial charge in [-0.15, -0.1) is 0 Å². The predicted molar refractivity (Wildman–Crippen MR) is 88.5 cm³/mol. The maximum Gasteiger partial charge on any atom is 0.244 e. The number of sulfonamides is 1. The molecule has 21 heavy (non-hydrogen) atoms. The summed E-state index contributed by atoms with van der Waals surface area (Å²) in [4.78, 5) is 0.343. The second kappa shape index (κ2) is 6.36. The Kier molecular flexibility index (Phi) is 5.13. The normalized spacial score (nSPS) is 16.0. The molecule has 0 unspecified atom stereocenters. The average molecular weight is 375 g/mol. The van der Waals surface area contributed by atoms with Gasteiger partial charge in [-0.25, -0.2) is 8.42 Å². The summed E-state index contributed by atoms with van der Waals surface area (Å²) in [6, 6.07) is 3.78. The van der Waals surface area contributed by atoms with Crippen molar-refractivity contribution in [3.63, 3.8) is 0 Å². The van der Waals surface area contributed by atoms with Crippen LogP contribution in [-0.2, 0) is 16.6 Å². The van der Waals surface area contributed by atoms with E-state index in [4.69, 9.17) is 5.73 Å². The number of nitrogens with two attached hydrogens (primary N) is 1. The molecule has 1 aromatic carbocycles. The zero-order valence-corrected chi connectivity index (χ0v) is 15.2. The molecule has 0 heterocycles. The zero-order valence-electron chi connectivity index (χ0n) is 12.8. The molecular weight excluding hydrogens is 352 g/mol. The van der Waals surface area contributed by atoms with Crippen molar-refractivity contribution in [1.82, 2.24) is 4.31 Å².